The molecule has 11 heteroatoms. The molecule has 0 radical (unpaired) electrons. The van der Waals surface area contributed by atoms with E-state index in [0.29, 0.717) is 79.5 Å². The Balaban J connectivity index is 1.29. The van der Waals surface area contributed by atoms with Crippen molar-refractivity contribution in [2.75, 3.05) is 25.0 Å². The number of nitriles is 1. The number of likely N-dealkylation sites (tertiary alicyclic amines) is 1. The molecule has 1 aliphatic carbocycles. The molecule has 4 heterocycles. The Bertz CT molecular complexity index is 2230. The van der Waals surface area contributed by atoms with E-state index >= 15 is 0 Å². The van der Waals surface area contributed by atoms with Crippen LogP contribution >= 0.6 is 0 Å². The van der Waals surface area contributed by atoms with Gasteiger partial charge in [0.1, 0.15) is 22.6 Å². The van der Waals surface area contributed by atoms with Gasteiger partial charge in [-0.05, 0) is 97.9 Å². The molecule has 2 unspecified atom stereocenters. The zero-order chi connectivity index (χ0) is 36.4. The molecule has 1 fully saturated rings. The minimum absolute atomic E-state index is 0.201. The number of aliphatic carboxylic acids is 1. The summed E-state index contributed by atoms with van der Waals surface area (Å²) in [5.74, 6) is -0.285. The highest BCUT2D eigenvalue weighted by molar-refractivity contribution is 5.89. The normalized spacial score (nSPS) is 20.1. The van der Waals surface area contributed by atoms with Crippen LogP contribution in [-0.2, 0) is 23.4 Å². The number of anilines is 1. The third-order valence-corrected chi connectivity index (χ3v) is 10.4. The molecule has 0 saturated carbocycles. The molecule has 2 aliphatic rings. The third-order valence-electron chi connectivity index (χ3n) is 10.4. The van der Waals surface area contributed by atoms with Gasteiger partial charge in [-0.2, -0.15) is 5.26 Å². The fourth-order valence-corrected chi connectivity index (χ4v) is 7.47. The maximum Gasteiger partial charge on any atom is 0.306 e. The monoisotopic (exact) mass is 697 g/mol. The topological polar surface area (TPSA) is 160 Å². The second-order valence-electron chi connectivity index (χ2n) is 14.1. The number of aliphatic hydroxyl groups is 1. The van der Waals surface area contributed by atoms with Gasteiger partial charge >= 0.3 is 5.97 Å². The first-order valence-corrected chi connectivity index (χ1v) is 17.8. The van der Waals surface area contributed by atoms with E-state index in [1.54, 1.807) is 13.1 Å². The van der Waals surface area contributed by atoms with E-state index in [9.17, 15) is 20.3 Å². The molecule has 3 aromatic heterocycles. The van der Waals surface area contributed by atoms with Crippen LogP contribution in [0.1, 0.15) is 60.4 Å². The lowest BCUT2D eigenvalue weighted by molar-refractivity contribution is -0.143. The molecule has 0 bridgehead atoms. The minimum atomic E-state index is -1.02. The molecule has 5 aromatic rings. The Hall–Kier alpha value is -5.41. The van der Waals surface area contributed by atoms with Crippen LogP contribution in [0.2, 0.25) is 0 Å². The van der Waals surface area contributed by atoms with Crippen LogP contribution < -0.4 is 10.6 Å². The average molecular weight is 698 g/mol. The number of pyridine rings is 2. The summed E-state index contributed by atoms with van der Waals surface area (Å²) in [6, 6.07) is 18.5. The third kappa shape index (κ3) is 6.93. The van der Waals surface area contributed by atoms with Crippen LogP contribution in [0.3, 0.4) is 0 Å². The first-order chi connectivity index (χ1) is 25.1. The predicted octanol–water partition coefficient (Wildman–Crippen LogP) is 6.32. The molecule has 0 amide bonds. The van der Waals surface area contributed by atoms with E-state index in [0.717, 1.165) is 33.2 Å². The Morgan fingerprint density at radius 2 is 1.96 bits per heavy atom. The molecular weight excluding hydrogens is 654 g/mol. The summed E-state index contributed by atoms with van der Waals surface area (Å²) in [6.07, 6.45) is 10.5. The molecule has 7 rings (SSSR count). The molecule has 266 valence electrons. The van der Waals surface area contributed by atoms with Crippen molar-refractivity contribution in [3.05, 3.63) is 113 Å². The molecule has 4 N–H and O–H groups in total. The molecule has 1 saturated heterocycles. The summed E-state index contributed by atoms with van der Waals surface area (Å²) >= 11 is 0. The van der Waals surface area contributed by atoms with Gasteiger partial charge < -0.3 is 25.3 Å². The number of carboxylic acids is 1. The van der Waals surface area contributed by atoms with E-state index in [1.165, 1.54) is 0 Å². The summed E-state index contributed by atoms with van der Waals surface area (Å²) < 4.78 is 6.64. The second-order valence-corrected chi connectivity index (χ2v) is 14.1. The lowest BCUT2D eigenvalue weighted by Crippen LogP contribution is -2.42. The number of aliphatic hydroxyl groups excluding tert-OH is 1. The average Bonchev–Trinajstić information content (AvgIpc) is 3.58. The first kappa shape index (κ1) is 35.0. The molecule has 11 nitrogen and oxygen atoms in total. The van der Waals surface area contributed by atoms with Crippen molar-refractivity contribution in [2.24, 2.45) is 11.8 Å². The van der Waals surface area contributed by atoms with Gasteiger partial charge in [-0.1, -0.05) is 43.3 Å². The largest absolute Gasteiger partial charge is 0.481 e. The number of aromatic nitrogens is 3. The quantitative estimate of drug-likeness (QED) is 0.122. The van der Waals surface area contributed by atoms with Gasteiger partial charge in [0.15, 0.2) is 11.4 Å². The number of nitrogens with one attached hydrogen (secondary N) is 2. The summed E-state index contributed by atoms with van der Waals surface area (Å²) in [5.41, 5.74) is 6.33. The second kappa shape index (κ2) is 14.7. The maximum absolute atomic E-state index is 11.5. The lowest BCUT2D eigenvalue weighted by Gasteiger charge is -2.39. The van der Waals surface area contributed by atoms with Crippen LogP contribution in [0.5, 0.6) is 0 Å². The number of hydrogen-bond acceptors (Lipinski definition) is 10. The van der Waals surface area contributed by atoms with Crippen molar-refractivity contribution in [3.63, 3.8) is 0 Å². The van der Waals surface area contributed by atoms with E-state index in [2.05, 4.69) is 65.8 Å². The van der Waals surface area contributed by atoms with Crippen LogP contribution in [0.15, 0.2) is 83.6 Å². The molecule has 3 atom stereocenters. The SMILES string of the molecule is Cc1ccccc1C1=CC=CC(Nc2nccc3cc(CNCC(C)O)cnc23)(c2nc3cc(CN4CCC(C(=O)O)CC4)cc(C#N)c3o2)[C@@H]1C. The van der Waals surface area contributed by atoms with Gasteiger partial charge in [0.05, 0.1) is 17.6 Å². The number of carboxylic acid groups (broad SMARTS) is 1. The van der Waals surface area contributed by atoms with E-state index < -0.39 is 17.6 Å². The minimum Gasteiger partial charge on any atom is -0.481 e. The Morgan fingerprint density at radius 3 is 2.71 bits per heavy atom. The zero-order valence-corrected chi connectivity index (χ0v) is 29.6. The highest BCUT2D eigenvalue weighted by atomic mass is 16.4. The fraction of sp³-hybridized carbons (Fsp3) is 0.341. The summed E-state index contributed by atoms with van der Waals surface area (Å²) in [6.45, 7) is 8.98. The number of hydrogen-bond donors (Lipinski definition) is 4. The van der Waals surface area contributed by atoms with Crippen LogP contribution in [0, 0.1) is 30.1 Å². The van der Waals surface area contributed by atoms with Crippen LogP contribution in [-0.4, -0.2) is 61.8 Å². The molecule has 2 aromatic carbocycles. The molecule has 52 heavy (non-hydrogen) atoms. The maximum atomic E-state index is 11.5. The highest BCUT2D eigenvalue weighted by Crippen LogP contribution is 2.46. The molecule has 1 aliphatic heterocycles. The van der Waals surface area contributed by atoms with Crippen LogP contribution in [0.4, 0.5) is 5.82 Å². The van der Waals surface area contributed by atoms with Crippen LogP contribution in [0.25, 0.3) is 27.6 Å². The summed E-state index contributed by atoms with van der Waals surface area (Å²) in [4.78, 5) is 28.5. The number of oxazole rings is 1. The number of aryl methyl sites for hydroxylation is 1. The zero-order valence-electron chi connectivity index (χ0n) is 29.6. The van der Waals surface area contributed by atoms with Gasteiger partial charge in [-0.15, -0.1) is 0 Å². The number of rotatable bonds is 11. The number of piperidine rings is 1. The standard InChI is InChI=1S/C41H43N7O4/c1-25-7-4-5-8-33(25)34-9-6-13-41(27(34)3,47-38-36-31(10-14-44-38)18-29(23-45-36)22-43-21-26(2)49)40-46-35-19-28(17-32(20-42)37(35)52-40)24-48-15-11-30(12-16-48)39(50)51/h4-10,13-14,17-19,23,26-27,30,43,49H,11-12,15-16,21-22,24H2,1-3H3,(H,44,47)(H,50,51)/t26?,27-,41?/m1/s1. The fourth-order valence-electron chi connectivity index (χ4n) is 7.47. The number of benzene rings is 2. The van der Waals surface area contributed by atoms with Crippen molar-refractivity contribution in [2.45, 2.75) is 58.3 Å². The molecular formula is C41H43N7O4. The van der Waals surface area contributed by atoms with Gasteiger partial charge in [0.2, 0.25) is 5.89 Å². The number of fused-ring (bicyclic) bond motifs is 2. The lowest BCUT2D eigenvalue weighted by atomic mass is 9.73. The number of allylic oxidation sites excluding steroid dienone is 2. The smallest absolute Gasteiger partial charge is 0.306 e. The Morgan fingerprint density at radius 1 is 1.15 bits per heavy atom. The van der Waals surface area contributed by atoms with E-state index in [1.807, 2.05) is 42.6 Å². The van der Waals surface area contributed by atoms with Gasteiger partial charge in [-0.3, -0.25) is 14.7 Å². The summed E-state index contributed by atoms with van der Waals surface area (Å²) in [7, 11) is 0. The number of carbonyl (C=O) groups is 1. The van der Waals surface area contributed by atoms with Gasteiger partial charge in [0, 0.05) is 43.3 Å². The Labute approximate surface area is 302 Å². The van der Waals surface area contributed by atoms with Crippen molar-refractivity contribution in [1.29, 1.82) is 5.26 Å². The van der Waals surface area contributed by atoms with Gasteiger partial charge in [-0.25, -0.2) is 9.97 Å². The van der Waals surface area contributed by atoms with E-state index in [-0.39, 0.29) is 11.8 Å². The van der Waals surface area contributed by atoms with Crippen molar-refractivity contribution in [3.8, 4) is 6.07 Å². The van der Waals surface area contributed by atoms with Crippen molar-refractivity contribution >= 4 is 39.4 Å². The van der Waals surface area contributed by atoms with E-state index in [4.69, 9.17) is 19.4 Å². The Kier molecular flexibility index (Phi) is 9.88. The highest BCUT2D eigenvalue weighted by Gasteiger charge is 2.45. The van der Waals surface area contributed by atoms with Crippen molar-refractivity contribution < 1.29 is 19.4 Å². The number of nitrogens with zero attached hydrogens (tertiary/aromatic N) is 5. The van der Waals surface area contributed by atoms with Gasteiger partial charge in [0.25, 0.3) is 0 Å². The summed E-state index contributed by atoms with van der Waals surface area (Å²) in [5, 5.41) is 37.3. The van der Waals surface area contributed by atoms with Crippen molar-refractivity contribution in [1.82, 2.24) is 25.2 Å². The predicted molar refractivity (Wildman–Crippen MR) is 200 cm³/mol. The molecule has 0 spiro atoms. The first-order valence-electron chi connectivity index (χ1n) is 17.8.